The Morgan fingerprint density at radius 1 is 1.71 bits per heavy atom. The van der Waals surface area contributed by atoms with Gasteiger partial charge in [-0.2, -0.15) is 0 Å². The van der Waals surface area contributed by atoms with Crippen molar-refractivity contribution in [3.63, 3.8) is 0 Å². The number of H-pyrrole nitrogens is 1. The zero-order valence-electron chi connectivity index (χ0n) is 7.03. The Bertz CT molecular complexity index is 359. The van der Waals surface area contributed by atoms with Crippen molar-refractivity contribution in [1.29, 1.82) is 0 Å². The highest BCUT2D eigenvalue weighted by molar-refractivity contribution is 6.31. The number of hydrogen-bond donors (Lipinski definition) is 1. The van der Waals surface area contributed by atoms with Crippen molar-refractivity contribution in [3.05, 3.63) is 27.0 Å². The predicted molar refractivity (Wildman–Crippen MR) is 47.1 cm³/mol. The van der Waals surface area contributed by atoms with Crippen molar-refractivity contribution in [1.82, 2.24) is 4.98 Å². The van der Waals surface area contributed by atoms with Gasteiger partial charge in [-0.1, -0.05) is 11.6 Å². The third-order valence-corrected chi connectivity index (χ3v) is 2.22. The van der Waals surface area contributed by atoms with Crippen LogP contribution in [0.1, 0.15) is 11.8 Å². The van der Waals surface area contributed by atoms with Gasteiger partial charge in [-0.15, -0.1) is 0 Å². The molecular weight excluding hydrogens is 212 g/mol. The van der Waals surface area contributed by atoms with Crippen LogP contribution in [0.3, 0.4) is 0 Å². The van der Waals surface area contributed by atoms with E-state index < -0.39 is 4.92 Å². The van der Waals surface area contributed by atoms with E-state index >= 15 is 0 Å². The van der Waals surface area contributed by atoms with Gasteiger partial charge in [0, 0.05) is 6.07 Å². The third-order valence-electron chi connectivity index (χ3n) is 1.94. The fraction of sp³-hybridized carbons (Fsp3) is 0.429. The van der Waals surface area contributed by atoms with Crippen molar-refractivity contribution in [3.8, 4) is 0 Å². The Balaban J connectivity index is 2.27. The normalized spacial score (nSPS) is 21.4. The van der Waals surface area contributed by atoms with E-state index in [0.717, 1.165) is 0 Å². The highest BCUT2D eigenvalue weighted by atomic mass is 35.5. The summed E-state index contributed by atoms with van der Waals surface area (Å²) in [7, 11) is 0. The molecule has 1 aromatic rings. The molecule has 0 aromatic carbocycles. The van der Waals surface area contributed by atoms with E-state index in [1.54, 1.807) is 0 Å². The molecule has 1 aliphatic heterocycles. The molecule has 1 aromatic heterocycles. The second-order valence-electron chi connectivity index (χ2n) is 2.82. The molecule has 0 amide bonds. The standard InChI is InChI=1S/C7H7ClN2O4/c8-7-5(10(11)12)1-4(9-7)6-2-13-3-14-6/h1,6,9H,2-3H2. The lowest BCUT2D eigenvalue weighted by Crippen LogP contribution is -1.99. The maximum absolute atomic E-state index is 10.5. The molecular formula is C7H7ClN2O4. The molecule has 0 radical (unpaired) electrons. The van der Waals surface area contributed by atoms with E-state index in [9.17, 15) is 10.1 Å². The second-order valence-corrected chi connectivity index (χ2v) is 3.20. The Morgan fingerprint density at radius 2 is 2.50 bits per heavy atom. The highest BCUT2D eigenvalue weighted by Gasteiger charge is 2.25. The summed E-state index contributed by atoms with van der Waals surface area (Å²) in [6.45, 7) is 0.586. The topological polar surface area (TPSA) is 77.4 Å². The molecule has 1 fully saturated rings. The summed E-state index contributed by atoms with van der Waals surface area (Å²) in [5, 5.41) is 10.5. The van der Waals surface area contributed by atoms with Crippen LogP contribution in [0.15, 0.2) is 6.07 Å². The molecule has 0 aliphatic carbocycles. The summed E-state index contributed by atoms with van der Waals surface area (Å²) in [5.74, 6) is 0. The first-order valence-electron chi connectivity index (χ1n) is 3.90. The molecule has 2 rings (SSSR count). The Labute approximate surface area is 83.9 Å². The first kappa shape index (κ1) is 9.45. The van der Waals surface area contributed by atoms with Crippen LogP contribution in [-0.4, -0.2) is 23.3 Å². The van der Waals surface area contributed by atoms with Crippen molar-refractivity contribution >= 4 is 17.3 Å². The van der Waals surface area contributed by atoms with Crippen LogP contribution in [0, 0.1) is 10.1 Å². The van der Waals surface area contributed by atoms with Gasteiger partial charge in [0.15, 0.2) is 5.15 Å². The Kier molecular flexibility index (Phi) is 2.40. The van der Waals surface area contributed by atoms with Crippen LogP contribution in [0.5, 0.6) is 0 Å². The minimum absolute atomic E-state index is 0.0144. The molecule has 7 heteroatoms. The monoisotopic (exact) mass is 218 g/mol. The summed E-state index contributed by atoms with van der Waals surface area (Å²) in [6, 6.07) is 1.36. The molecule has 14 heavy (non-hydrogen) atoms. The summed E-state index contributed by atoms with van der Waals surface area (Å²) < 4.78 is 10.1. The smallest absolute Gasteiger partial charge is 0.306 e. The fourth-order valence-electron chi connectivity index (χ4n) is 1.26. The van der Waals surface area contributed by atoms with Crippen LogP contribution >= 0.6 is 11.6 Å². The molecule has 1 atom stereocenters. The predicted octanol–water partition coefficient (Wildman–Crippen LogP) is 1.62. The van der Waals surface area contributed by atoms with Crippen molar-refractivity contribution < 1.29 is 14.4 Å². The Morgan fingerprint density at radius 3 is 3.00 bits per heavy atom. The van der Waals surface area contributed by atoms with Gasteiger partial charge in [0.25, 0.3) is 0 Å². The molecule has 1 aliphatic rings. The van der Waals surface area contributed by atoms with Gasteiger partial charge in [0.1, 0.15) is 12.9 Å². The van der Waals surface area contributed by atoms with Gasteiger partial charge >= 0.3 is 5.69 Å². The number of nitrogens with one attached hydrogen (secondary N) is 1. The molecule has 1 saturated heterocycles. The van der Waals surface area contributed by atoms with E-state index in [4.69, 9.17) is 21.1 Å². The van der Waals surface area contributed by atoms with Gasteiger partial charge in [-0.3, -0.25) is 10.1 Å². The first-order valence-corrected chi connectivity index (χ1v) is 4.28. The summed E-state index contributed by atoms with van der Waals surface area (Å²) >= 11 is 5.62. The van der Waals surface area contributed by atoms with Gasteiger partial charge in [0.05, 0.1) is 17.2 Å². The summed E-state index contributed by atoms with van der Waals surface area (Å²) in [4.78, 5) is 12.6. The molecule has 0 bridgehead atoms. The number of rotatable bonds is 2. The van der Waals surface area contributed by atoms with Crippen LogP contribution < -0.4 is 0 Å². The fourth-order valence-corrected chi connectivity index (χ4v) is 1.49. The quantitative estimate of drug-likeness (QED) is 0.604. The lowest BCUT2D eigenvalue weighted by atomic mass is 10.3. The number of ether oxygens (including phenoxy) is 2. The van der Waals surface area contributed by atoms with Crippen LogP contribution in [0.4, 0.5) is 5.69 Å². The molecule has 6 nitrogen and oxygen atoms in total. The van der Waals surface area contributed by atoms with Gasteiger partial charge in [0.2, 0.25) is 0 Å². The second kappa shape index (κ2) is 3.56. The van der Waals surface area contributed by atoms with Crippen LogP contribution in [0.2, 0.25) is 5.15 Å². The van der Waals surface area contributed by atoms with E-state index in [1.807, 2.05) is 0 Å². The number of hydrogen-bond acceptors (Lipinski definition) is 4. The first-order chi connectivity index (χ1) is 6.68. The van der Waals surface area contributed by atoms with E-state index in [-0.39, 0.29) is 23.7 Å². The molecule has 2 heterocycles. The van der Waals surface area contributed by atoms with Crippen molar-refractivity contribution in [2.75, 3.05) is 13.4 Å². The molecule has 0 spiro atoms. The van der Waals surface area contributed by atoms with Crippen LogP contribution in [0.25, 0.3) is 0 Å². The zero-order valence-corrected chi connectivity index (χ0v) is 7.78. The highest BCUT2D eigenvalue weighted by Crippen LogP contribution is 2.30. The average molecular weight is 219 g/mol. The lowest BCUT2D eigenvalue weighted by Gasteiger charge is -2.02. The largest absolute Gasteiger partial charge is 0.352 e. The Hall–Kier alpha value is -1.11. The van der Waals surface area contributed by atoms with E-state index in [1.165, 1.54) is 6.07 Å². The number of nitro groups is 1. The maximum Gasteiger partial charge on any atom is 0.306 e. The number of nitrogens with zero attached hydrogens (tertiary/aromatic N) is 1. The van der Waals surface area contributed by atoms with E-state index in [2.05, 4.69) is 4.98 Å². The zero-order chi connectivity index (χ0) is 10.1. The summed E-state index contributed by atoms with van der Waals surface area (Å²) in [5.41, 5.74) is 0.427. The minimum Gasteiger partial charge on any atom is -0.352 e. The minimum atomic E-state index is -0.544. The molecule has 76 valence electrons. The number of aromatic amines is 1. The van der Waals surface area contributed by atoms with Crippen molar-refractivity contribution in [2.24, 2.45) is 0 Å². The third kappa shape index (κ3) is 1.59. The van der Waals surface area contributed by atoms with Gasteiger partial charge in [-0.05, 0) is 0 Å². The average Bonchev–Trinajstić information content (AvgIpc) is 2.70. The summed E-state index contributed by atoms with van der Waals surface area (Å²) in [6.07, 6.45) is -0.291. The lowest BCUT2D eigenvalue weighted by molar-refractivity contribution is -0.384. The molecule has 0 saturated carbocycles. The molecule has 1 N–H and O–H groups in total. The van der Waals surface area contributed by atoms with Crippen molar-refractivity contribution in [2.45, 2.75) is 6.10 Å². The SMILES string of the molecule is O=[N+]([O-])c1cc(C2COCO2)[nH]c1Cl. The van der Waals surface area contributed by atoms with Crippen LogP contribution in [-0.2, 0) is 9.47 Å². The van der Waals surface area contributed by atoms with E-state index in [0.29, 0.717) is 12.3 Å². The number of halogens is 1. The van der Waals surface area contributed by atoms with Gasteiger partial charge in [-0.25, -0.2) is 0 Å². The molecule has 1 unspecified atom stereocenters. The van der Waals surface area contributed by atoms with Gasteiger partial charge < -0.3 is 14.5 Å². The number of aromatic nitrogens is 1. The maximum atomic E-state index is 10.5.